The Labute approximate surface area is 105 Å². The summed E-state index contributed by atoms with van der Waals surface area (Å²) in [6.07, 6.45) is -0.629. The SMILES string of the molecule is C[C@H](OC(=O)NC1CC1)[C@@H](O)c1ccccc1F. The van der Waals surface area contributed by atoms with E-state index in [0.29, 0.717) is 0 Å². The average Bonchev–Trinajstić information content (AvgIpc) is 3.12. The summed E-state index contributed by atoms with van der Waals surface area (Å²) in [5, 5.41) is 12.6. The molecule has 0 unspecified atom stereocenters. The number of hydrogen-bond donors (Lipinski definition) is 2. The van der Waals surface area contributed by atoms with Gasteiger partial charge in [0.1, 0.15) is 18.0 Å². The highest BCUT2D eigenvalue weighted by Crippen LogP contribution is 2.23. The van der Waals surface area contributed by atoms with E-state index in [1.165, 1.54) is 25.1 Å². The number of nitrogens with one attached hydrogen (secondary N) is 1. The van der Waals surface area contributed by atoms with E-state index in [2.05, 4.69) is 5.32 Å². The van der Waals surface area contributed by atoms with Crippen LogP contribution in [0.25, 0.3) is 0 Å². The van der Waals surface area contributed by atoms with Crippen molar-refractivity contribution in [3.63, 3.8) is 0 Å². The molecule has 98 valence electrons. The molecule has 1 aliphatic carbocycles. The number of carbonyl (C=O) groups excluding carboxylic acids is 1. The number of amides is 1. The molecule has 1 saturated carbocycles. The monoisotopic (exact) mass is 253 g/mol. The van der Waals surface area contributed by atoms with Crippen LogP contribution in [-0.2, 0) is 4.74 Å². The number of aliphatic hydroxyl groups excluding tert-OH is 1. The molecule has 1 aromatic carbocycles. The number of ether oxygens (including phenoxy) is 1. The molecule has 2 rings (SSSR count). The van der Waals surface area contributed by atoms with Crippen LogP contribution in [0.15, 0.2) is 24.3 Å². The fourth-order valence-electron chi connectivity index (χ4n) is 1.63. The molecule has 1 fully saturated rings. The summed E-state index contributed by atoms with van der Waals surface area (Å²) >= 11 is 0. The second kappa shape index (κ2) is 5.35. The highest BCUT2D eigenvalue weighted by Gasteiger charge is 2.27. The molecule has 0 heterocycles. The van der Waals surface area contributed by atoms with E-state index in [-0.39, 0.29) is 11.6 Å². The molecule has 1 aromatic rings. The van der Waals surface area contributed by atoms with Gasteiger partial charge in [-0.1, -0.05) is 18.2 Å². The van der Waals surface area contributed by atoms with Gasteiger partial charge in [-0.25, -0.2) is 9.18 Å². The molecule has 0 saturated heterocycles. The number of carbonyl (C=O) groups is 1. The van der Waals surface area contributed by atoms with Crippen molar-refractivity contribution in [1.29, 1.82) is 0 Å². The molecule has 2 atom stereocenters. The lowest BCUT2D eigenvalue weighted by Gasteiger charge is -2.20. The van der Waals surface area contributed by atoms with Gasteiger partial charge in [-0.3, -0.25) is 0 Å². The van der Waals surface area contributed by atoms with Gasteiger partial charge < -0.3 is 15.2 Å². The van der Waals surface area contributed by atoms with Crippen LogP contribution < -0.4 is 5.32 Å². The molecule has 4 nitrogen and oxygen atoms in total. The van der Waals surface area contributed by atoms with Gasteiger partial charge in [0.05, 0.1) is 0 Å². The van der Waals surface area contributed by atoms with Gasteiger partial charge in [0.25, 0.3) is 0 Å². The molecular weight excluding hydrogens is 237 g/mol. The molecule has 0 aromatic heterocycles. The van der Waals surface area contributed by atoms with E-state index < -0.39 is 24.1 Å². The lowest BCUT2D eigenvalue weighted by atomic mass is 10.1. The number of hydrogen-bond acceptors (Lipinski definition) is 3. The standard InChI is InChI=1S/C13H16FNO3/c1-8(18-13(17)15-9-6-7-9)12(16)10-4-2-3-5-11(10)14/h2-5,8-9,12,16H,6-7H2,1H3,(H,15,17)/t8-,12+/m0/s1. The van der Waals surface area contributed by atoms with Crippen molar-refractivity contribution in [2.24, 2.45) is 0 Å². The quantitative estimate of drug-likeness (QED) is 0.864. The Bertz CT molecular complexity index is 434. The molecule has 1 aliphatic rings. The van der Waals surface area contributed by atoms with Gasteiger partial charge in [-0.05, 0) is 25.8 Å². The van der Waals surface area contributed by atoms with E-state index in [4.69, 9.17) is 4.74 Å². The van der Waals surface area contributed by atoms with Crippen LogP contribution >= 0.6 is 0 Å². The first-order valence-corrected chi connectivity index (χ1v) is 5.97. The molecular formula is C13H16FNO3. The number of rotatable bonds is 4. The summed E-state index contributed by atoms with van der Waals surface area (Å²) in [7, 11) is 0. The summed E-state index contributed by atoms with van der Waals surface area (Å²) in [6.45, 7) is 1.53. The zero-order valence-electron chi connectivity index (χ0n) is 10.1. The maximum Gasteiger partial charge on any atom is 0.407 e. The van der Waals surface area contributed by atoms with Crippen LogP contribution in [0, 0.1) is 5.82 Å². The first-order chi connectivity index (χ1) is 8.58. The van der Waals surface area contributed by atoms with Gasteiger partial charge in [0.2, 0.25) is 0 Å². The summed E-state index contributed by atoms with van der Waals surface area (Å²) < 4.78 is 18.4. The average molecular weight is 253 g/mol. The van der Waals surface area contributed by atoms with Crippen LogP contribution in [0.2, 0.25) is 0 Å². The minimum absolute atomic E-state index is 0.129. The topological polar surface area (TPSA) is 58.6 Å². The number of halogens is 1. The fourth-order valence-corrected chi connectivity index (χ4v) is 1.63. The maximum atomic E-state index is 13.4. The molecule has 0 aliphatic heterocycles. The highest BCUT2D eigenvalue weighted by molar-refractivity contribution is 5.68. The summed E-state index contributed by atoms with van der Waals surface area (Å²) in [5.41, 5.74) is 0.129. The minimum atomic E-state index is -1.17. The molecule has 0 bridgehead atoms. The Morgan fingerprint density at radius 1 is 1.50 bits per heavy atom. The Morgan fingerprint density at radius 2 is 2.17 bits per heavy atom. The first kappa shape index (κ1) is 12.8. The van der Waals surface area contributed by atoms with Crippen molar-refractivity contribution in [2.75, 3.05) is 0 Å². The Balaban J connectivity index is 1.93. The molecule has 0 radical (unpaired) electrons. The van der Waals surface area contributed by atoms with E-state index in [1.807, 2.05) is 0 Å². The zero-order chi connectivity index (χ0) is 13.1. The second-order valence-electron chi connectivity index (χ2n) is 4.50. The van der Waals surface area contributed by atoms with Gasteiger partial charge in [-0.2, -0.15) is 0 Å². The van der Waals surface area contributed by atoms with E-state index in [9.17, 15) is 14.3 Å². The fraction of sp³-hybridized carbons (Fsp3) is 0.462. The summed E-state index contributed by atoms with van der Waals surface area (Å²) in [6, 6.07) is 6.08. The molecule has 0 spiro atoms. The van der Waals surface area contributed by atoms with Crippen LogP contribution in [0.4, 0.5) is 9.18 Å². The normalized spacial score (nSPS) is 17.9. The van der Waals surface area contributed by atoms with Crippen LogP contribution in [0.3, 0.4) is 0 Å². The largest absolute Gasteiger partial charge is 0.443 e. The number of alkyl carbamates (subject to hydrolysis) is 1. The zero-order valence-corrected chi connectivity index (χ0v) is 10.1. The number of benzene rings is 1. The van der Waals surface area contributed by atoms with Crippen molar-refractivity contribution in [3.05, 3.63) is 35.6 Å². The highest BCUT2D eigenvalue weighted by atomic mass is 19.1. The van der Waals surface area contributed by atoms with Crippen molar-refractivity contribution < 1.29 is 19.0 Å². The van der Waals surface area contributed by atoms with E-state index >= 15 is 0 Å². The van der Waals surface area contributed by atoms with Crippen molar-refractivity contribution in [3.8, 4) is 0 Å². The third kappa shape index (κ3) is 3.20. The molecule has 18 heavy (non-hydrogen) atoms. The smallest absolute Gasteiger partial charge is 0.407 e. The minimum Gasteiger partial charge on any atom is -0.443 e. The number of aliphatic hydroxyl groups is 1. The van der Waals surface area contributed by atoms with Crippen molar-refractivity contribution >= 4 is 6.09 Å². The Kier molecular flexibility index (Phi) is 3.81. The van der Waals surface area contributed by atoms with Gasteiger partial charge in [0, 0.05) is 11.6 Å². The van der Waals surface area contributed by atoms with Crippen molar-refractivity contribution in [2.45, 2.75) is 38.0 Å². The lowest BCUT2D eigenvalue weighted by molar-refractivity contribution is 0.0100. The Morgan fingerprint density at radius 3 is 2.78 bits per heavy atom. The molecule has 1 amide bonds. The van der Waals surface area contributed by atoms with Gasteiger partial charge in [0.15, 0.2) is 0 Å². The first-order valence-electron chi connectivity index (χ1n) is 5.97. The van der Waals surface area contributed by atoms with Crippen LogP contribution in [0.1, 0.15) is 31.4 Å². The second-order valence-corrected chi connectivity index (χ2v) is 4.50. The summed E-state index contributed by atoms with van der Waals surface area (Å²) in [5.74, 6) is -0.511. The lowest BCUT2D eigenvalue weighted by Crippen LogP contribution is -2.32. The predicted octanol–water partition coefficient (Wildman–Crippen LogP) is 2.14. The van der Waals surface area contributed by atoms with E-state index in [0.717, 1.165) is 12.8 Å². The third-order valence-electron chi connectivity index (χ3n) is 2.86. The molecule has 2 N–H and O–H groups in total. The van der Waals surface area contributed by atoms with Crippen LogP contribution in [-0.4, -0.2) is 23.3 Å². The van der Waals surface area contributed by atoms with E-state index in [1.54, 1.807) is 6.07 Å². The van der Waals surface area contributed by atoms with Crippen molar-refractivity contribution in [1.82, 2.24) is 5.32 Å². The summed E-state index contributed by atoms with van der Waals surface area (Å²) in [4.78, 5) is 11.4. The van der Waals surface area contributed by atoms with Crippen LogP contribution in [0.5, 0.6) is 0 Å². The van der Waals surface area contributed by atoms with Gasteiger partial charge in [-0.15, -0.1) is 0 Å². The molecule has 5 heteroatoms. The van der Waals surface area contributed by atoms with Gasteiger partial charge >= 0.3 is 6.09 Å². The Hall–Kier alpha value is -1.62. The third-order valence-corrected chi connectivity index (χ3v) is 2.86. The maximum absolute atomic E-state index is 13.4. The predicted molar refractivity (Wildman–Crippen MR) is 63.5 cm³/mol.